The highest BCUT2D eigenvalue weighted by atomic mass is 16.5. The van der Waals surface area contributed by atoms with Gasteiger partial charge in [0.15, 0.2) is 0 Å². The van der Waals surface area contributed by atoms with E-state index in [0.29, 0.717) is 12.2 Å². The summed E-state index contributed by atoms with van der Waals surface area (Å²) in [6.45, 7) is 0. The van der Waals surface area contributed by atoms with Gasteiger partial charge in [0.25, 0.3) is 0 Å². The normalized spacial score (nSPS) is 10.4. The van der Waals surface area contributed by atoms with E-state index in [9.17, 15) is 0 Å². The van der Waals surface area contributed by atoms with Gasteiger partial charge in [-0.25, -0.2) is 0 Å². The van der Waals surface area contributed by atoms with Gasteiger partial charge in [-0.2, -0.15) is 0 Å². The predicted octanol–water partition coefficient (Wildman–Crippen LogP) is 3.33. The molecule has 0 radical (unpaired) electrons. The maximum absolute atomic E-state index is 5.97. The molecule has 0 fully saturated rings. The van der Waals surface area contributed by atoms with Crippen molar-refractivity contribution >= 4 is 5.82 Å². The van der Waals surface area contributed by atoms with Gasteiger partial charge in [0.2, 0.25) is 0 Å². The van der Waals surface area contributed by atoms with Gasteiger partial charge in [-0.1, -0.05) is 42.5 Å². The molecular formula is C18H17N3O. The Morgan fingerprint density at radius 3 is 2.36 bits per heavy atom. The van der Waals surface area contributed by atoms with Crippen LogP contribution in [0, 0.1) is 0 Å². The summed E-state index contributed by atoms with van der Waals surface area (Å²) < 4.78 is 5.17. The second-order valence-corrected chi connectivity index (χ2v) is 5.03. The number of rotatable bonds is 4. The smallest absolute Gasteiger partial charge is 0.149 e. The van der Waals surface area contributed by atoms with Gasteiger partial charge in [-0.15, -0.1) is 10.2 Å². The lowest BCUT2D eigenvalue weighted by Gasteiger charge is -2.08. The molecule has 0 aliphatic rings. The highest BCUT2D eigenvalue weighted by molar-refractivity contribution is 5.61. The van der Waals surface area contributed by atoms with Crippen LogP contribution in [0.15, 0.2) is 60.7 Å². The Hall–Kier alpha value is -2.88. The molecule has 0 saturated carbocycles. The lowest BCUT2D eigenvalue weighted by Crippen LogP contribution is -2.02. The van der Waals surface area contributed by atoms with E-state index in [1.165, 1.54) is 0 Å². The first kappa shape index (κ1) is 14.1. The van der Waals surface area contributed by atoms with E-state index < -0.39 is 0 Å². The second kappa shape index (κ2) is 6.26. The maximum atomic E-state index is 5.97. The summed E-state index contributed by atoms with van der Waals surface area (Å²) in [5.74, 6) is 1.31. The van der Waals surface area contributed by atoms with Crippen LogP contribution in [0.3, 0.4) is 0 Å². The molecule has 0 aliphatic heterocycles. The van der Waals surface area contributed by atoms with Crippen LogP contribution in [0.5, 0.6) is 5.75 Å². The Morgan fingerprint density at radius 1 is 0.955 bits per heavy atom. The zero-order valence-corrected chi connectivity index (χ0v) is 12.4. The molecule has 2 aromatic carbocycles. The Balaban J connectivity index is 1.89. The van der Waals surface area contributed by atoms with Crippen LogP contribution in [0.2, 0.25) is 0 Å². The number of hydrogen-bond donors (Lipinski definition) is 1. The van der Waals surface area contributed by atoms with Crippen molar-refractivity contribution in [3.63, 3.8) is 0 Å². The molecule has 4 heteroatoms. The minimum absolute atomic E-state index is 0.468. The molecule has 0 spiro atoms. The number of hydrogen-bond acceptors (Lipinski definition) is 4. The minimum atomic E-state index is 0.468. The lowest BCUT2D eigenvalue weighted by molar-refractivity contribution is 0.414. The largest absolute Gasteiger partial charge is 0.497 e. The number of anilines is 1. The molecule has 0 bridgehead atoms. The second-order valence-electron chi connectivity index (χ2n) is 5.03. The van der Waals surface area contributed by atoms with Gasteiger partial charge >= 0.3 is 0 Å². The van der Waals surface area contributed by atoms with Crippen LogP contribution in [0.25, 0.3) is 11.3 Å². The summed E-state index contributed by atoms with van der Waals surface area (Å²) >= 11 is 0. The fourth-order valence-electron chi connectivity index (χ4n) is 2.29. The van der Waals surface area contributed by atoms with Gasteiger partial charge in [0.1, 0.15) is 11.6 Å². The van der Waals surface area contributed by atoms with Crippen molar-refractivity contribution in [3.05, 3.63) is 71.8 Å². The molecule has 4 nitrogen and oxygen atoms in total. The molecule has 1 aromatic heterocycles. The molecular weight excluding hydrogens is 274 g/mol. The van der Waals surface area contributed by atoms with E-state index in [2.05, 4.69) is 10.2 Å². The van der Waals surface area contributed by atoms with Crippen LogP contribution in [0.1, 0.15) is 11.1 Å². The predicted molar refractivity (Wildman–Crippen MR) is 87.7 cm³/mol. The number of benzene rings is 2. The van der Waals surface area contributed by atoms with Crippen molar-refractivity contribution in [2.45, 2.75) is 6.42 Å². The van der Waals surface area contributed by atoms with E-state index in [0.717, 1.165) is 28.1 Å². The van der Waals surface area contributed by atoms with E-state index in [1.54, 1.807) is 7.11 Å². The third kappa shape index (κ3) is 3.06. The number of nitrogens with zero attached hydrogens (tertiary/aromatic N) is 2. The third-order valence-electron chi connectivity index (χ3n) is 3.53. The van der Waals surface area contributed by atoms with Gasteiger partial charge < -0.3 is 10.5 Å². The van der Waals surface area contributed by atoms with Gasteiger partial charge in [-0.3, -0.25) is 0 Å². The SMILES string of the molecule is COc1ccc(Cc2cc(-c3ccccc3)nnc2N)cc1. The first-order valence-corrected chi connectivity index (χ1v) is 7.06. The van der Waals surface area contributed by atoms with Crippen molar-refractivity contribution in [3.8, 4) is 17.0 Å². The van der Waals surface area contributed by atoms with Crippen molar-refractivity contribution in [2.24, 2.45) is 0 Å². The number of nitrogen functional groups attached to an aromatic ring is 1. The number of aromatic nitrogens is 2. The summed E-state index contributed by atoms with van der Waals surface area (Å²) in [6.07, 6.45) is 0.713. The quantitative estimate of drug-likeness (QED) is 0.801. The highest BCUT2D eigenvalue weighted by Gasteiger charge is 2.07. The molecule has 0 aliphatic carbocycles. The first-order valence-electron chi connectivity index (χ1n) is 7.06. The molecule has 0 amide bonds. The Kier molecular flexibility index (Phi) is 4.01. The van der Waals surface area contributed by atoms with Crippen molar-refractivity contribution in [2.75, 3.05) is 12.8 Å². The summed E-state index contributed by atoms with van der Waals surface area (Å²) in [5.41, 5.74) is 9.96. The molecule has 22 heavy (non-hydrogen) atoms. The fraction of sp³-hybridized carbons (Fsp3) is 0.111. The van der Waals surface area contributed by atoms with Gasteiger partial charge in [0, 0.05) is 17.5 Å². The topological polar surface area (TPSA) is 61.0 Å². The van der Waals surface area contributed by atoms with Crippen molar-refractivity contribution in [1.82, 2.24) is 10.2 Å². The third-order valence-corrected chi connectivity index (χ3v) is 3.53. The highest BCUT2D eigenvalue weighted by Crippen LogP contribution is 2.22. The van der Waals surface area contributed by atoms with Gasteiger partial charge in [0.05, 0.1) is 12.8 Å². The van der Waals surface area contributed by atoms with Crippen LogP contribution >= 0.6 is 0 Å². The van der Waals surface area contributed by atoms with E-state index in [4.69, 9.17) is 10.5 Å². The van der Waals surface area contributed by atoms with Crippen LogP contribution < -0.4 is 10.5 Å². The number of ether oxygens (including phenoxy) is 1. The molecule has 3 aromatic rings. The summed E-state index contributed by atoms with van der Waals surface area (Å²) in [7, 11) is 1.66. The summed E-state index contributed by atoms with van der Waals surface area (Å²) in [5, 5.41) is 8.27. The molecule has 3 rings (SSSR count). The monoisotopic (exact) mass is 291 g/mol. The van der Waals surface area contributed by atoms with Crippen molar-refractivity contribution < 1.29 is 4.74 Å². The van der Waals surface area contributed by atoms with Crippen LogP contribution in [-0.4, -0.2) is 17.3 Å². The molecule has 0 unspecified atom stereocenters. The minimum Gasteiger partial charge on any atom is -0.497 e. The Labute approximate surface area is 129 Å². The number of methoxy groups -OCH3 is 1. The van der Waals surface area contributed by atoms with Crippen molar-refractivity contribution in [1.29, 1.82) is 0 Å². The zero-order chi connectivity index (χ0) is 15.4. The maximum Gasteiger partial charge on any atom is 0.149 e. The molecule has 0 saturated heterocycles. The average Bonchev–Trinajstić information content (AvgIpc) is 2.58. The Bertz CT molecular complexity index is 755. The Morgan fingerprint density at radius 2 is 1.68 bits per heavy atom. The van der Waals surface area contributed by atoms with Crippen LogP contribution in [-0.2, 0) is 6.42 Å². The van der Waals surface area contributed by atoms with E-state index in [-0.39, 0.29) is 0 Å². The molecule has 1 heterocycles. The van der Waals surface area contributed by atoms with E-state index in [1.807, 2.05) is 60.7 Å². The van der Waals surface area contributed by atoms with Gasteiger partial charge in [-0.05, 0) is 23.8 Å². The molecule has 2 N–H and O–H groups in total. The molecule has 0 atom stereocenters. The number of nitrogens with two attached hydrogens (primary N) is 1. The van der Waals surface area contributed by atoms with E-state index >= 15 is 0 Å². The van der Waals surface area contributed by atoms with Crippen LogP contribution in [0.4, 0.5) is 5.82 Å². The zero-order valence-electron chi connectivity index (χ0n) is 12.4. The summed E-state index contributed by atoms with van der Waals surface area (Å²) in [4.78, 5) is 0. The summed E-state index contributed by atoms with van der Waals surface area (Å²) in [6, 6.07) is 19.9. The standard InChI is InChI=1S/C18H17N3O/c1-22-16-9-7-13(8-10-16)11-15-12-17(20-21-18(15)19)14-5-3-2-4-6-14/h2-10,12H,11H2,1H3,(H2,19,21). The lowest BCUT2D eigenvalue weighted by atomic mass is 10.0. The molecule has 110 valence electrons. The first-order chi connectivity index (χ1) is 10.8. The fourth-order valence-corrected chi connectivity index (χ4v) is 2.29. The average molecular weight is 291 g/mol.